The maximum Gasteiger partial charge on any atom is 0.266 e. The fourth-order valence-corrected chi connectivity index (χ4v) is 6.69. The summed E-state index contributed by atoms with van der Waals surface area (Å²) < 4.78 is 5.47. The second-order valence-electron chi connectivity index (χ2n) is 9.36. The van der Waals surface area contributed by atoms with Crippen LogP contribution in [-0.2, 0) is 11.3 Å². The van der Waals surface area contributed by atoms with Gasteiger partial charge in [0.1, 0.15) is 4.88 Å². The van der Waals surface area contributed by atoms with Crippen molar-refractivity contribution in [2.24, 2.45) is 5.92 Å². The standard InChI is InChI=1S/C25H33N3O2S/c1-17-24(31-18(2)26-17)25(29)28-16-22(21-5-3-4-6-23(21)28)20-9-7-19(8-10-20)15-27-11-13-30-14-12-27/h7-10,21-23H,3-6,11-16H2,1-2H3/t21-,22-,23-/m1/s1. The van der Waals surface area contributed by atoms with Crippen molar-refractivity contribution in [2.45, 2.75) is 58.0 Å². The van der Waals surface area contributed by atoms with Gasteiger partial charge in [0.15, 0.2) is 0 Å². The number of hydrogen-bond donors (Lipinski definition) is 0. The number of ether oxygens (including phenoxy) is 1. The van der Waals surface area contributed by atoms with Crippen molar-refractivity contribution in [3.8, 4) is 0 Å². The normalized spacial score (nSPS) is 26.8. The van der Waals surface area contributed by atoms with Gasteiger partial charge >= 0.3 is 0 Å². The number of carbonyl (C=O) groups is 1. The summed E-state index contributed by atoms with van der Waals surface area (Å²) in [6, 6.07) is 9.61. The first kappa shape index (κ1) is 21.1. The van der Waals surface area contributed by atoms with Crippen molar-refractivity contribution < 1.29 is 9.53 Å². The van der Waals surface area contributed by atoms with E-state index in [1.165, 1.54) is 30.4 Å². The van der Waals surface area contributed by atoms with E-state index in [1.807, 2.05) is 13.8 Å². The van der Waals surface area contributed by atoms with Crippen LogP contribution in [0.3, 0.4) is 0 Å². The summed E-state index contributed by atoms with van der Waals surface area (Å²) in [5, 5.41) is 0.979. The van der Waals surface area contributed by atoms with E-state index in [0.717, 1.165) is 61.4 Å². The Balaban J connectivity index is 1.34. The molecular weight excluding hydrogens is 406 g/mol. The Bertz CT molecular complexity index is 919. The summed E-state index contributed by atoms with van der Waals surface area (Å²) in [7, 11) is 0. The van der Waals surface area contributed by atoms with E-state index < -0.39 is 0 Å². The van der Waals surface area contributed by atoms with Gasteiger partial charge in [0, 0.05) is 38.1 Å². The van der Waals surface area contributed by atoms with Gasteiger partial charge in [-0.15, -0.1) is 11.3 Å². The molecule has 5 nitrogen and oxygen atoms in total. The predicted octanol–water partition coefficient (Wildman–Crippen LogP) is 4.39. The fraction of sp³-hybridized carbons (Fsp3) is 0.600. The van der Waals surface area contributed by atoms with Crippen LogP contribution in [0.25, 0.3) is 0 Å². The minimum absolute atomic E-state index is 0.200. The van der Waals surface area contributed by atoms with Crippen LogP contribution in [-0.4, -0.2) is 59.6 Å². The predicted molar refractivity (Wildman–Crippen MR) is 124 cm³/mol. The highest BCUT2D eigenvalue weighted by atomic mass is 32.1. The molecule has 1 saturated carbocycles. The number of aryl methyl sites for hydroxylation is 2. The Labute approximate surface area is 189 Å². The molecule has 3 heterocycles. The number of hydrogen-bond acceptors (Lipinski definition) is 5. The molecule has 3 aliphatic rings. The molecule has 0 unspecified atom stereocenters. The number of rotatable bonds is 4. The van der Waals surface area contributed by atoms with Crippen LogP contribution in [0.4, 0.5) is 0 Å². The molecule has 2 aliphatic heterocycles. The molecule has 1 aromatic carbocycles. The van der Waals surface area contributed by atoms with E-state index in [9.17, 15) is 4.79 Å². The smallest absolute Gasteiger partial charge is 0.266 e. The molecule has 31 heavy (non-hydrogen) atoms. The highest BCUT2D eigenvalue weighted by molar-refractivity contribution is 7.13. The Morgan fingerprint density at radius 2 is 1.87 bits per heavy atom. The summed E-state index contributed by atoms with van der Waals surface area (Å²) in [6.07, 6.45) is 4.89. The molecule has 166 valence electrons. The Hall–Kier alpha value is -1.76. The lowest BCUT2D eigenvalue weighted by molar-refractivity contribution is 0.0342. The van der Waals surface area contributed by atoms with Gasteiger partial charge in [0.05, 0.1) is 23.9 Å². The topological polar surface area (TPSA) is 45.7 Å². The van der Waals surface area contributed by atoms with Crippen molar-refractivity contribution in [3.63, 3.8) is 0 Å². The molecule has 1 aromatic heterocycles. The summed E-state index contributed by atoms with van der Waals surface area (Å²) in [5.41, 5.74) is 3.65. The van der Waals surface area contributed by atoms with E-state index in [-0.39, 0.29) is 5.91 Å². The molecule has 5 rings (SSSR count). The lowest BCUT2D eigenvalue weighted by atomic mass is 9.77. The Kier molecular flexibility index (Phi) is 6.13. The summed E-state index contributed by atoms with van der Waals surface area (Å²) >= 11 is 1.55. The van der Waals surface area contributed by atoms with E-state index in [4.69, 9.17) is 4.74 Å². The second-order valence-corrected chi connectivity index (χ2v) is 10.6. The molecule has 0 spiro atoms. The first-order valence-electron chi connectivity index (χ1n) is 11.7. The summed E-state index contributed by atoms with van der Waals surface area (Å²) in [6.45, 7) is 9.50. The van der Waals surface area contributed by atoms with Gasteiger partial charge in [-0.05, 0) is 43.7 Å². The minimum atomic E-state index is 0.200. The van der Waals surface area contributed by atoms with Crippen molar-refractivity contribution >= 4 is 17.2 Å². The number of likely N-dealkylation sites (tertiary alicyclic amines) is 1. The monoisotopic (exact) mass is 439 g/mol. The Morgan fingerprint density at radius 1 is 1.13 bits per heavy atom. The highest BCUT2D eigenvalue weighted by Crippen LogP contribution is 2.45. The maximum absolute atomic E-state index is 13.5. The number of fused-ring (bicyclic) bond motifs is 1. The van der Waals surface area contributed by atoms with Gasteiger partial charge in [-0.3, -0.25) is 9.69 Å². The molecule has 0 bridgehead atoms. The van der Waals surface area contributed by atoms with E-state index in [1.54, 1.807) is 11.3 Å². The summed E-state index contributed by atoms with van der Waals surface area (Å²) in [4.78, 5) is 23.5. The Morgan fingerprint density at radius 3 is 2.58 bits per heavy atom. The molecular formula is C25H33N3O2S. The van der Waals surface area contributed by atoms with Gasteiger partial charge in [-0.1, -0.05) is 37.1 Å². The number of morpholine rings is 1. The van der Waals surface area contributed by atoms with Gasteiger partial charge in [0.2, 0.25) is 0 Å². The van der Waals surface area contributed by atoms with E-state index in [0.29, 0.717) is 17.9 Å². The molecule has 1 aliphatic carbocycles. The number of thiazole rings is 1. The first-order chi connectivity index (χ1) is 15.1. The molecule has 3 fully saturated rings. The average molecular weight is 440 g/mol. The van der Waals surface area contributed by atoms with Crippen molar-refractivity contribution in [3.05, 3.63) is 51.0 Å². The molecule has 1 amide bonds. The van der Waals surface area contributed by atoms with E-state index >= 15 is 0 Å². The van der Waals surface area contributed by atoms with Crippen LogP contribution in [0.15, 0.2) is 24.3 Å². The number of amides is 1. The van der Waals surface area contributed by atoms with Crippen molar-refractivity contribution in [2.75, 3.05) is 32.8 Å². The molecule has 0 N–H and O–H groups in total. The molecule has 3 atom stereocenters. The van der Waals surface area contributed by atoms with Crippen LogP contribution in [0.2, 0.25) is 0 Å². The van der Waals surface area contributed by atoms with Crippen LogP contribution in [0, 0.1) is 19.8 Å². The van der Waals surface area contributed by atoms with Gasteiger partial charge in [-0.2, -0.15) is 0 Å². The number of nitrogens with zero attached hydrogens (tertiary/aromatic N) is 3. The zero-order valence-corrected chi connectivity index (χ0v) is 19.5. The number of benzene rings is 1. The molecule has 0 radical (unpaired) electrons. The third-order valence-electron chi connectivity index (χ3n) is 7.37. The van der Waals surface area contributed by atoms with Crippen LogP contribution in [0.5, 0.6) is 0 Å². The first-order valence-corrected chi connectivity index (χ1v) is 12.6. The minimum Gasteiger partial charge on any atom is -0.379 e. The summed E-state index contributed by atoms with van der Waals surface area (Å²) in [5.74, 6) is 1.23. The lowest BCUT2D eigenvalue weighted by Crippen LogP contribution is -2.39. The van der Waals surface area contributed by atoms with Gasteiger partial charge in [0.25, 0.3) is 5.91 Å². The molecule has 6 heteroatoms. The zero-order chi connectivity index (χ0) is 21.4. The van der Waals surface area contributed by atoms with Crippen LogP contribution >= 0.6 is 11.3 Å². The van der Waals surface area contributed by atoms with Crippen LogP contribution < -0.4 is 0 Å². The largest absolute Gasteiger partial charge is 0.379 e. The zero-order valence-electron chi connectivity index (χ0n) is 18.7. The van der Waals surface area contributed by atoms with Crippen molar-refractivity contribution in [1.29, 1.82) is 0 Å². The SMILES string of the molecule is Cc1nc(C)c(C(=O)N2C[C@H](c3ccc(CN4CCOCC4)cc3)[C@H]3CCCC[C@H]32)s1. The third kappa shape index (κ3) is 4.30. The van der Waals surface area contributed by atoms with Crippen molar-refractivity contribution in [1.82, 2.24) is 14.8 Å². The average Bonchev–Trinajstić information content (AvgIpc) is 3.34. The lowest BCUT2D eigenvalue weighted by Gasteiger charge is -2.32. The fourth-order valence-electron chi connectivity index (χ4n) is 5.81. The van der Waals surface area contributed by atoms with Gasteiger partial charge in [-0.25, -0.2) is 4.98 Å². The third-order valence-corrected chi connectivity index (χ3v) is 8.43. The molecule has 2 saturated heterocycles. The van der Waals surface area contributed by atoms with Crippen LogP contribution in [0.1, 0.15) is 63.1 Å². The van der Waals surface area contributed by atoms with E-state index in [2.05, 4.69) is 39.0 Å². The highest BCUT2D eigenvalue weighted by Gasteiger charge is 2.45. The number of aromatic nitrogens is 1. The maximum atomic E-state index is 13.5. The number of carbonyl (C=O) groups excluding carboxylic acids is 1. The van der Waals surface area contributed by atoms with Gasteiger partial charge < -0.3 is 9.64 Å². The molecule has 2 aromatic rings. The second kappa shape index (κ2) is 9.00. The quantitative estimate of drug-likeness (QED) is 0.709.